The van der Waals surface area contributed by atoms with E-state index in [1.165, 1.54) is 6.92 Å². The van der Waals surface area contributed by atoms with Gasteiger partial charge in [-0.2, -0.15) is 0 Å². The van der Waals surface area contributed by atoms with Crippen LogP contribution in [0.25, 0.3) is 0 Å². The van der Waals surface area contributed by atoms with E-state index in [4.69, 9.17) is 10.8 Å². The Labute approximate surface area is 76.4 Å². The summed E-state index contributed by atoms with van der Waals surface area (Å²) in [5.41, 5.74) is 6.20. The minimum Gasteiger partial charge on any atom is -0.386 e. The predicted molar refractivity (Wildman–Crippen MR) is 49.0 cm³/mol. The molecule has 1 heterocycles. The number of aliphatic hydroxyl groups is 1. The maximum absolute atomic E-state index is 11.1. The molecule has 0 aromatic carbocycles. The maximum Gasteiger partial charge on any atom is 0.165 e. The Kier molecular flexibility index (Phi) is 2.97. The van der Waals surface area contributed by atoms with Gasteiger partial charge in [0, 0.05) is 12.6 Å². The van der Waals surface area contributed by atoms with Crippen molar-refractivity contribution in [3.8, 4) is 0 Å². The summed E-state index contributed by atoms with van der Waals surface area (Å²) in [6, 6.07) is 3.33. The molecule has 0 saturated heterocycles. The van der Waals surface area contributed by atoms with Gasteiger partial charge in [0.05, 0.1) is 0 Å². The van der Waals surface area contributed by atoms with Gasteiger partial charge in [0.15, 0.2) is 5.78 Å². The van der Waals surface area contributed by atoms with E-state index in [1.807, 2.05) is 0 Å². The first-order chi connectivity index (χ1) is 6.09. The summed E-state index contributed by atoms with van der Waals surface area (Å²) in [6.45, 7) is 1.45. The lowest BCUT2D eigenvalue weighted by Crippen LogP contribution is -2.18. The number of pyridine rings is 1. The van der Waals surface area contributed by atoms with E-state index < -0.39 is 6.10 Å². The minimum atomic E-state index is -0.922. The highest BCUT2D eigenvalue weighted by Gasteiger charge is 2.09. The molecular formula is C9H12N2O2. The molecule has 70 valence electrons. The van der Waals surface area contributed by atoms with E-state index in [2.05, 4.69) is 4.98 Å². The molecule has 1 unspecified atom stereocenters. The van der Waals surface area contributed by atoms with Crippen molar-refractivity contribution >= 4 is 11.6 Å². The molecule has 4 heteroatoms. The Hall–Kier alpha value is -1.42. The number of anilines is 1. The Balaban J connectivity index is 2.69. The average Bonchev–Trinajstić information content (AvgIpc) is 2.04. The van der Waals surface area contributed by atoms with Crippen molar-refractivity contribution in [1.29, 1.82) is 0 Å². The number of hydrogen-bond donors (Lipinski definition) is 2. The van der Waals surface area contributed by atoms with Gasteiger partial charge in [-0.15, -0.1) is 0 Å². The van der Waals surface area contributed by atoms with E-state index in [0.717, 1.165) is 5.56 Å². The third-order valence-electron chi connectivity index (χ3n) is 1.69. The van der Waals surface area contributed by atoms with Crippen LogP contribution in [0.5, 0.6) is 0 Å². The summed E-state index contributed by atoms with van der Waals surface area (Å²) in [7, 11) is 0. The van der Waals surface area contributed by atoms with E-state index in [-0.39, 0.29) is 12.2 Å². The van der Waals surface area contributed by atoms with Gasteiger partial charge < -0.3 is 10.8 Å². The van der Waals surface area contributed by atoms with Gasteiger partial charge in [0.2, 0.25) is 0 Å². The summed E-state index contributed by atoms with van der Waals surface area (Å²) in [6.07, 6.45) is 0.819. The summed E-state index contributed by atoms with van der Waals surface area (Å²) in [4.78, 5) is 14.9. The van der Waals surface area contributed by atoms with Crippen molar-refractivity contribution in [2.24, 2.45) is 0 Å². The Bertz CT molecular complexity index is 310. The molecule has 1 atom stereocenters. The van der Waals surface area contributed by atoms with Gasteiger partial charge in [-0.05, 0) is 24.6 Å². The van der Waals surface area contributed by atoms with Crippen molar-refractivity contribution in [2.45, 2.75) is 19.4 Å². The second-order valence-corrected chi connectivity index (χ2v) is 2.91. The molecule has 0 aliphatic rings. The number of carbonyl (C=O) groups is 1. The number of hydrogen-bond acceptors (Lipinski definition) is 4. The first-order valence-corrected chi connectivity index (χ1v) is 4.01. The third kappa shape index (κ3) is 2.83. The molecule has 0 fully saturated rings. The average molecular weight is 180 g/mol. The summed E-state index contributed by atoms with van der Waals surface area (Å²) >= 11 is 0. The van der Waals surface area contributed by atoms with Gasteiger partial charge in [-0.3, -0.25) is 4.79 Å². The number of aromatic nitrogens is 1. The van der Waals surface area contributed by atoms with Gasteiger partial charge in [0.25, 0.3) is 0 Å². The molecule has 0 saturated carbocycles. The highest BCUT2D eigenvalue weighted by atomic mass is 16.3. The van der Waals surface area contributed by atoms with Crippen molar-refractivity contribution in [2.75, 3.05) is 5.73 Å². The molecule has 3 N–H and O–H groups in total. The second-order valence-electron chi connectivity index (χ2n) is 2.91. The number of nitrogens with zero attached hydrogens (tertiary/aromatic N) is 1. The summed E-state index contributed by atoms with van der Waals surface area (Å²) in [5.74, 6) is 0.168. The molecule has 1 aromatic heterocycles. The lowest BCUT2D eigenvalue weighted by Gasteiger charge is -2.03. The fourth-order valence-corrected chi connectivity index (χ4v) is 0.953. The number of ketones is 1. The van der Waals surface area contributed by atoms with E-state index in [1.54, 1.807) is 18.3 Å². The largest absolute Gasteiger partial charge is 0.386 e. The van der Waals surface area contributed by atoms with Crippen LogP contribution in [0.2, 0.25) is 0 Å². The van der Waals surface area contributed by atoms with Crippen molar-refractivity contribution in [3.05, 3.63) is 23.9 Å². The van der Waals surface area contributed by atoms with Gasteiger partial charge >= 0.3 is 0 Å². The van der Waals surface area contributed by atoms with Crippen molar-refractivity contribution in [1.82, 2.24) is 4.98 Å². The zero-order valence-electron chi connectivity index (χ0n) is 7.40. The fourth-order valence-electron chi connectivity index (χ4n) is 0.953. The molecule has 1 aromatic rings. The third-order valence-corrected chi connectivity index (χ3v) is 1.69. The molecule has 13 heavy (non-hydrogen) atoms. The van der Waals surface area contributed by atoms with E-state index in [9.17, 15) is 4.79 Å². The first-order valence-electron chi connectivity index (χ1n) is 4.01. The SMILES string of the molecule is CC(O)C(=O)Cc1ccnc(N)c1. The Morgan fingerprint density at radius 2 is 2.46 bits per heavy atom. The van der Waals surface area contributed by atoms with Gasteiger partial charge in [-0.1, -0.05) is 0 Å². The number of nitrogens with two attached hydrogens (primary N) is 1. The van der Waals surface area contributed by atoms with Crippen molar-refractivity contribution in [3.63, 3.8) is 0 Å². The number of nitrogen functional groups attached to an aromatic ring is 1. The highest BCUT2D eigenvalue weighted by molar-refractivity contribution is 5.84. The highest BCUT2D eigenvalue weighted by Crippen LogP contribution is 2.05. The molecule has 0 bridgehead atoms. The van der Waals surface area contributed by atoms with Crippen LogP contribution < -0.4 is 5.73 Å². The summed E-state index contributed by atoms with van der Waals surface area (Å²) < 4.78 is 0. The monoisotopic (exact) mass is 180 g/mol. The number of carbonyl (C=O) groups excluding carboxylic acids is 1. The topological polar surface area (TPSA) is 76.2 Å². The fraction of sp³-hybridized carbons (Fsp3) is 0.333. The molecular weight excluding hydrogens is 168 g/mol. The smallest absolute Gasteiger partial charge is 0.165 e. The maximum atomic E-state index is 11.1. The van der Waals surface area contributed by atoms with Crippen LogP contribution in [-0.4, -0.2) is 22.0 Å². The molecule has 0 radical (unpaired) electrons. The molecule has 1 rings (SSSR count). The molecule has 4 nitrogen and oxygen atoms in total. The first kappa shape index (κ1) is 9.67. The Morgan fingerprint density at radius 1 is 1.77 bits per heavy atom. The predicted octanol–water partition coefficient (Wildman–Crippen LogP) is 0.156. The minimum absolute atomic E-state index is 0.199. The van der Waals surface area contributed by atoms with Gasteiger partial charge in [0.1, 0.15) is 11.9 Å². The molecule has 0 aliphatic heterocycles. The quantitative estimate of drug-likeness (QED) is 0.694. The lowest BCUT2D eigenvalue weighted by atomic mass is 10.1. The molecule has 0 aliphatic carbocycles. The normalized spacial score (nSPS) is 12.5. The van der Waals surface area contributed by atoms with Crippen LogP contribution in [0.15, 0.2) is 18.3 Å². The summed E-state index contributed by atoms with van der Waals surface area (Å²) in [5, 5.41) is 8.96. The standard InChI is InChI=1S/C9H12N2O2/c1-6(12)8(13)4-7-2-3-11-9(10)5-7/h2-3,5-6,12H,4H2,1H3,(H2,10,11). The van der Waals surface area contributed by atoms with Crippen LogP contribution in [0.3, 0.4) is 0 Å². The van der Waals surface area contributed by atoms with Crippen LogP contribution in [-0.2, 0) is 11.2 Å². The number of Topliss-reactive ketones (excluding diaryl/α,β-unsaturated/α-hetero) is 1. The molecule has 0 amide bonds. The second kappa shape index (κ2) is 4.00. The van der Waals surface area contributed by atoms with Crippen LogP contribution in [0, 0.1) is 0 Å². The Morgan fingerprint density at radius 3 is 3.00 bits per heavy atom. The van der Waals surface area contributed by atoms with E-state index >= 15 is 0 Å². The van der Waals surface area contributed by atoms with Crippen LogP contribution >= 0.6 is 0 Å². The van der Waals surface area contributed by atoms with Gasteiger partial charge in [-0.25, -0.2) is 4.98 Å². The van der Waals surface area contributed by atoms with E-state index in [0.29, 0.717) is 5.82 Å². The van der Waals surface area contributed by atoms with Crippen LogP contribution in [0.4, 0.5) is 5.82 Å². The zero-order valence-corrected chi connectivity index (χ0v) is 7.40. The van der Waals surface area contributed by atoms with Crippen molar-refractivity contribution < 1.29 is 9.90 Å². The number of aliphatic hydroxyl groups excluding tert-OH is 1. The lowest BCUT2D eigenvalue weighted by molar-refractivity contribution is -0.125. The molecule has 0 spiro atoms. The van der Waals surface area contributed by atoms with Crippen LogP contribution in [0.1, 0.15) is 12.5 Å². The zero-order chi connectivity index (χ0) is 9.84. The number of rotatable bonds is 3.